The van der Waals surface area contributed by atoms with Crippen LogP contribution in [-0.4, -0.2) is 43.7 Å². The van der Waals surface area contributed by atoms with Crippen LogP contribution < -0.4 is 9.62 Å². The van der Waals surface area contributed by atoms with Gasteiger partial charge in [0.05, 0.1) is 23.5 Å². The van der Waals surface area contributed by atoms with Gasteiger partial charge in [0.1, 0.15) is 0 Å². The molecule has 7 nitrogen and oxygen atoms in total. The van der Waals surface area contributed by atoms with Crippen molar-refractivity contribution in [1.29, 1.82) is 0 Å². The van der Waals surface area contributed by atoms with E-state index in [-0.39, 0.29) is 23.6 Å². The molecule has 2 N–H and O–H groups in total. The van der Waals surface area contributed by atoms with Gasteiger partial charge in [0, 0.05) is 11.6 Å². The smallest absolute Gasteiger partial charge is 0.251 e. The van der Waals surface area contributed by atoms with Crippen LogP contribution in [0.25, 0.3) is 0 Å². The number of sulfonamides is 1. The molecule has 1 saturated heterocycles. The van der Waals surface area contributed by atoms with E-state index in [2.05, 4.69) is 5.32 Å². The van der Waals surface area contributed by atoms with Gasteiger partial charge in [-0.05, 0) is 39.0 Å². The zero-order valence-electron chi connectivity index (χ0n) is 13.2. The molecule has 1 aliphatic rings. The van der Waals surface area contributed by atoms with E-state index >= 15 is 0 Å². The molecule has 0 saturated carbocycles. The standard InChI is InChI=1S/C15H20N2O5S/c1-10(8-18)16-13(19)11-5-4-6-12(7-11)17-14(20)15(2,3)9-23(17,21)22/h4-7,10,18H,8-9H2,1-3H3,(H,16,19)/t10-/m0/s1. The van der Waals surface area contributed by atoms with Crippen LogP contribution in [0, 0.1) is 5.41 Å². The van der Waals surface area contributed by atoms with Crippen molar-refractivity contribution in [2.75, 3.05) is 16.7 Å². The molecule has 0 spiro atoms. The first-order valence-corrected chi connectivity index (χ1v) is 8.78. The Morgan fingerprint density at radius 1 is 1.43 bits per heavy atom. The normalized spacial score (nSPS) is 20.3. The van der Waals surface area contributed by atoms with E-state index in [4.69, 9.17) is 5.11 Å². The number of benzene rings is 1. The van der Waals surface area contributed by atoms with Crippen molar-refractivity contribution < 1.29 is 23.1 Å². The number of amides is 2. The van der Waals surface area contributed by atoms with Crippen LogP contribution in [0.2, 0.25) is 0 Å². The lowest BCUT2D eigenvalue weighted by atomic mass is 9.95. The summed E-state index contributed by atoms with van der Waals surface area (Å²) in [5.74, 6) is -1.23. The summed E-state index contributed by atoms with van der Waals surface area (Å²) < 4.78 is 25.3. The Bertz CT molecular complexity index is 742. The molecule has 0 aromatic heterocycles. The molecule has 1 aromatic rings. The SMILES string of the molecule is C[C@@H](CO)NC(=O)c1cccc(N2C(=O)C(C)(C)CS2(=O)=O)c1. The van der Waals surface area contributed by atoms with Gasteiger partial charge in [-0.2, -0.15) is 0 Å². The lowest BCUT2D eigenvalue weighted by molar-refractivity contribution is -0.123. The van der Waals surface area contributed by atoms with Gasteiger partial charge in [-0.25, -0.2) is 12.7 Å². The second-order valence-corrected chi connectivity index (χ2v) is 8.13. The average molecular weight is 340 g/mol. The number of aliphatic hydroxyl groups is 1. The van der Waals surface area contributed by atoms with Gasteiger partial charge in [-0.1, -0.05) is 6.07 Å². The fourth-order valence-electron chi connectivity index (χ4n) is 2.39. The summed E-state index contributed by atoms with van der Waals surface area (Å²) in [6.07, 6.45) is 0. The van der Waals surface area contributed by atoms with Crippen LogP contribution in [0.4, 0.5) is 5.69 Å². The quantitative estimate of drug-likeness (QED) is 0.831. The summed E-state index contributed by atoms with van der Waals surface area (Å²) in [4.78, 5) is 24.4. The number of hydrogen-bond acceptors (Lipinski definition) is 5. The minimum Gasteiger partial charge on any atom is -0.394 e. The second kappa shape index (κ2) is 5.93. The molecule has 1 heterocycles. The van der Waals surface area contributed by atoms with Crippen molar-refractivity contribution >= 4 is 27.5 Å². The Kier molecular flexibility index (Phi) is 4.50. The van der Waals surface area contributed by atoms with Crippen molar-refractivity contribution in [1.82, 2.24) is 5.32 Å². The molecule has 0 bridgehead atoms. The maximum absolute atomic E-state index is 12.4. The Balaban J connectivity index is 2.37. The minimum atomic E-state index is -3.76. The summed E-state index contributed by atoms with van der Waals surface area (Å²) in [5.41, 5.74) is -0.636. The van der Waals surface area contributed by atoms with Gasteiger partial charge in [-0.3, -0.25) is 9.59 Å². The fraction of sp³-hybridized carbons (Fsp3) is 0.467. The molecule has 8 heteroatoms. The maximum atomic E-state index is 12.4. The summed E-state index contributed by atoms with van der Waals surface area (Å²) in [7, 11) is -3.76. The number of hydrogen-bond donors (Lipinski definition) is 2. The topological polar surface area (TPSA) is 104 Å². The second-order valence-electron chi connectivity index (χ2n) is 6.32. The van der Waals surface area contributed by atoms with E-state index in [0.717, 1.165) is 4.31 Å². The first kappa shape index (κ1) is 17.4. The first-order chi connectivity index (χ1) is 10.6. The third-order valence-corrected chi connectivity index (χ3v) is 5.60. The van der Waals surface area contributed by atoms with Crippen LogP contribution in [-0.2, 0) is 14.8 Å². The summed E-state index contributed by atoms with van der Waals surface area (Å²) >= 11 is 0. The zero-order valence-corrected chi connectivity index (χ0v) is 14.1. The Labute approximate surface area is 135 Å². The highest BCUT2D eigenvalue weighted by atomic mass is 32.2. The Morgan fingerprint density at radius 3 is 2.61 bits per heavy atom. The molecule has 1 atom stereocenters. The van der Waals surface area contributed by atoms with E-state index in [9.17, 15) is 18.0 Å². The third-order valence-electron chi connectivity index (χ3n) is 3.58. The molecular formula is C15H20N2O5S. The van der Waals surface area contributed by atoms with Gasteiger partial charge in [0.25, 0.3) is 5.91 Å². The molecule has 23 heavy (non-hydrogen) atoms. The van der Waals surface area contributed by atoms with Gasteiger partial charge < -0.3 is 10.4 Å². The highest BCUT2D eigenvalue weighted by Crippen LogP contribution is 2.35. The maximum Gasteiger partial charge on any atom is 0.251 e. The lowest BCUT2D eigenvalue weighted by Crippen LogP contribution is -2.35. The van der Waals surface area contributed by atoms with E-state index in [0.29, 0.717) is 0 Å². The van der Waals surface area contributed by atoms with Crippen molar-refractivity contribution in [3.8, 4) is 0 Å². The number of carbonyl (C=O) groups excluding carboxylic acids is 2. The largest absolute Gasteiger partial charge is 0.394 e. The lowest BCUT2D eigenvalue weighted by Gasteiger charge is -2.18. The molecular weight excluding hydrogens is 320 g/mol. The average Bonchev–Trinajstić information content (AvgIpc) is 2.62. The van der Waals surface area contributed by atoms with E-state index in [1.54, 1.807) is 20.8 Å². The van der Waals surface area contributed by atoms with Gasteiger partial charge >= 0.3 is 0 Å². The predicted molar refractivity (Wildman–Crippen MR) is 85.5 cm³/mol. The highest BCUT2D eigenvalue weighted by Gasteiger charge is 2.49. The van der Waals surface area contributed by atoms with Crippen LogP contribution >= 0.6 is 0 Å². The number of nitrogens with zero attached hydrogens (tertiary/aromatic N) is 1. The first-order valence-electron chi connectivity index (χ1n) is 7.18. The summed E-state index contributed by atoms with van der Waals surface area (Å²) in [6.45, 7) is 4.58. The minimum absolute atomic E-state index is 0.143. The molecule has 1 fully saturated rings. The monoisotopic (exact) mass is 340 g/mol. The van der Waals surface area contributed by atoms with Crippen LogP contribution in [0.15, 0.2) is 24.3 Å². The summed E-state index contributed by atoms with van der Waals surface area (Å²) in [5, 5.41) is 11.5. The van der Waals surface area contributed by atoms with Crippen LogP contribution in [0.1, 0.15) is 31.1 Å². The molecule has 1 aromatic carbocycles. The third kappa shape index (κ3) is 3.37. The number of aliphatic hydroxyl groups excluding tert-OH is 1. The van der Waals surface area contributed by atoms with E-state index in [1.165, 1.54) is 24.3 Å². The molecule has 126 valence electrons. The van der Waals surface area contributed by atoms with Crippen molar-refractivity contribution in [3.05, 3.63) is 29.8 Å². The van der Waals surface area contributed by atoms with Crippen LogP contribution in [0.3, 0.4) is 0 Å². The van der Waals surface area contributed by atoms with E-state index in [1.807, 2.05) is 0 Å². The molecule has 0 aliphatic carbocycles. The zero-order chi connectivity index (χ0) is 17.4. The molecule has 0 unspecified atom stereocenters. The van der Waals surface area contributed by atoms with Gasteiger partial charge in [0.2, 0.25) is 15.9 Å². The number of anilines is 1. The van der Waals surface area contributed by atoms with Crippen molar-refractivity contribution in [2.24, 2.45) is 5.41 Å². The Hall–Kier alpha value is -1.93. The number of rotatable bonds is 4. The fourth-order valence-corrected chi connectivity index (χ4v) is 4.49. The van der Waals surface area contributed by atoms with Crippen LogP contribution in [0.5, 0.6) is 0 Å². The highest BCUT2D eigenvalue weighted by molar-refractivity contribution is 7.94. The molecule has 2 amide bonds. The van der Waals surface area contributed by atoms with Crippen molar-refractivity contribution in [3.63, 3.8) is 0 Å². The molecule has 0 radical (unpaired) electrons. The molecule has 1 aliphatic heterocycles. The van der Waals surface area contributed by atoms with Gasteiger partial charge in [0.15, 0.2) is 0 Å². The Morgan fingerprint density at radius 2 is 2.09 bits per heavy atom. The number of nitrogens with one attached hydrogen (secondary N) is 1. The number of carbonyl (C=O) groups is 2. The molecule has 2 rings (SSSR count). The predicted octanol–water partition coefficient (Wildman–Crippen LogP) is 0.500. The van der Waals surface area contributed by atoms with E-state index < -0.39 is 33.3 Å². The van der Waals surface area contributed by atoms with Gasteiger partial charge in [-0.15, -0.1) is 0 Å². The summed E-state index contributed by atoms with van der Waals surface area (Å²) in [6, 6.07) is 5.44. The van der Waals surface area contributed by atoms with Crippen molar-refractivity contribution in [2.45, 2.75) is 26.8 Å².